The van der Waals surface area contributed by atoms with E-state index in [9.17, 15) is 9.59 Å². The quantitative estimate of drug-likeness (QED) is 0.731. The maximum absolute atomic E-state index is 12.5. The summed E-state index contributed by atoms with van der Waals surface area (Å²) >= 11 is 8.00. The van der Waals surface area contributed by atoms with Crippen LogP contribution in [0.1, 0.15) is 10.4 Å². The summed E-state index contributed by atoms with van der Waals surface area (Å²) in [5.74, 6) is -0.713. The molecule has 7 heteroatoms. The van der Waals surface area contributed by atoms with Crippen LogP contribution in [0.15, 0.2) is 18.2 Å². The molecule has 0 radical (unpaired) electrons. The van der Waals surface area contributed by atoms with Crippen molar-refractivity contribution in [3.8, 4) is 0 Å². The number of nitrogens with two attached hydrogens (primary N) is 1. The number of rotatable bonds is 2. The first-order valence-corrected chi connectivity index (χ1v) is 7.22. The summed E-state index contributed by atoms with van der Waals surface area (Å²) < 4.78 is 0.800. The zero-order chi connectivity index (χ0) is 14.0. The molecule has 2 rings (SSSR count). The minimum absolute atomic E-state index is 0.211. The number of primary amides is 1. The molecule has 5 nitrogen and oxygen atoms in total. The molecular weight excluding hydrogens is 381 g/mol. The Kier molecular flexibility index (Phi) is 4.64. The predicted molar refractivity (Wildman–Crippen MR) is 81.1 cm³/mol. The standard InChI is InChI=1S/C12H13ClIN3O2/c13-7-1-2-9(14)8(5-7)12(19)17-4-3-16-6-10(17)11(15)18/h1-2,5,10,16H,3-4,6H2,(H2,15,18). The molecule has 1 aromatic carbocycles. The van der Waals surface area contributed by atoms with Crippen LogP contribution >= 0.6 is 34.2 Å². The van der Waals surface area contributed by atoms with E-state index in [-0.39, 0.29) is 5.91 Å². The summed E-state index contributed by atoms with van der Waals surface area (Å²) in [5.41, 5.74) is 5.84. The molecule has 0 aliphatic carbocycles. The summed E-state index contributed by atoms with van der Waals surface area (Å²) in [5, 5.41) is 3.55. The highest BCUT2D eigenvalue weighted by Gasteiger charge is 2.31. The summed E-state index contributed by atoms with van der Waals surface area (Å²) in [7, 11) is 0. The second-order valence-electron chi connectivity index (χ2n) is 4.25. The van der Waals surface area contributed by atoms with Gasteiger partial charge in [0.25, 0.3) is 5.91 Å². The molecule has 0 aromatic heterocycles. The largest absolute Gasteiger partial charge is 0.368 e. The third kappa shape index (κ3) is 3.18. The van der Waals surface area contributed by atoms with Gasteiger partial charge in [0.1, 0.15) is 6.04 Å². The predicted octanol–water partition coefficient (Wildman–Crippen LogP) is 0.844. The van der Waals surface area contributed by atoms with E-state index in [1.54, 1.807) is 18.2 Å². The van der Waals surface area contributed by atoms with Crippen LogP contribution in [0.3, 0.4) is 0 Å². The zero-order valence-corrected chi connectivity index (χ0v) is 12.9. The van der Waals surface area contributed by atoms with Crippen molar-refractivity contribution in [3.63, 3.8) is 0 Å². The van der Waals surface area contributed by atoms with Crippen LogP contribution in [0, 0.1) is 3.57 Å². The SMILES string of the molecule is NC(=O)C1CNCCN1C(=O)c1cc(Cl)ccc1I. The van der Waals surface area contributed by atoms with Crippen LogP contribution in [-0.4, -0.2) is 42.4 Å². The van der Waals surface area contributed by atoms with Crippen molar-refractivity contribution in [3.05, 3.63) is 32.4 Å². The molecule has 1 aliphatic heterocycles. The van der Waals surface area contributed by atoms with E-state index in [4.69, 9.17) is 17.3 Å². The lowest BCUT2D eigenvalue weighted by atomic mass is 10.1. The van der Waals surface area contributed by atoms with Crippen molar-refractivity contribution in [1.82, 2.24) is 10.2 Å². The third-order valence-corrected chi connectivity index (χ3v) is 4.17. The van der Waals surface area contributed by atoms with Crippen LogP contribution in [0.5, 0.6) is 0 Å². The van der Waals surface area contributed by atoms with Crippen LogP contribution < -0.4 is 11.1 Å². The van der Waals surface area contributed by atoms with E-state index in [0.717, 1.165) is 3.57 Å². The molecule has 1 heterocycles. The Bertz CT molecular complexity index is 524. The van der Waals surface area contributed by atoms with Crippen LogP contribution in [0.2, 0.25) is 5.02 Å². The van der Waals surface area contributed by atoms with Gasteiger partial charge >= 0.3 is 0 Å². The van der Waals surface area contributed by atoms with Gasteiger partial charge < -0.3 is 16.0 Å². The molecule has 2 amide bonds. The van der Waals surface area contributed by atoms with Crippen LogP contribution in [0.4, 0.5) is 0 Å². The molecule has 1 aromatic rings. The molecule has 102 valence electrons. The smallest absolute Gasteiger partial charge is 0.255 e. The average molecular weight is 394 g/mol. The van der Waals surface area contributed by atoms with Crippen LogP contribution in [-0.2, 0) is 4.79 Å². The van der Waals surface area contributed by atoms with Crippen LogP contribution in [0.25, 0.3) is 0 Å². The number of carbonyl (C=O) groups excluding carboxylic acids is 2. The van der Waals surface area contributed by atoms with Crippen molar-refractivity contribution in [2.24, 2.45) is 5.73 Å². The number of hydrogen-bond donors (Lipinski definition) is 2. The van der Waals surface area contributed by atoms with E-state index < -0.39 is 11.9 Å². The van der Waals surface area contributed by atoms with Crippen molar-refractivity contribution in [1.29, 1.82) is 0 Å². The summed E-state index contributed by atoms with van der Waals surface area (Å²) in [6, 6.07) is 4.50. The number of nitrogens with one attached hydrogen (secondary N) is 1. The zero-order valence-electron chi connectivity index (χ0n) is 10.0. The Labute approximate surface area is 129 Å². The second-order valence-corrected chi connectivity index (χ2v) is 5.84. The van der Waals surface area contributed by atoms with Gasteiger partial charge in [-0.2, -0.15) is 0 Å². The van der Waals surface area contributed by atoms with Crippen molar-refractivity contribution >= 4 is 46.0 Å². The van der Waals surface area contributed by atoms with E-state index >= 15 is 0 Å². The lowest BCUT2D eigenvalue weighted by Crippen LogP contribution is -2.58. The fraction of sp³-hybridized carbons (Fsp3) is 0.333. The van der Waals surface area contributed by atoms with Gasteiger partial charge in [-0.15, -0.1) is 0 Å². The lowest BCUT2D eigenvalue weighted by molar-refractivity contribution is -0.122. The molecule has 19 heavy (non-hydrogen) atoms. The van der Waals surface area contributed by atoms with Gasteiger partial charge in [0.15, 0.2) is 0 Å². The number of piperazine rings is 1. The van der Waals surface area contributed by atoms with Gasteiger partial charge in [-0.05, 0) is 40.8 Å². The first-order chi connectivity index (χ1) is 9.00. The maximum atomic E-state index is 12.5. The fourth-order valence-electron chi connectivity index (χ4n) is 2.02. The van der Waals surface area contributed by atoms with Crippen molar-refractivity contribution in [2.45, 2.75) is 6.04 Å². The molecule has 3 N–H and O–H groups in total. The first kappa shape index (κ1) is 14.5. The van der Waals surface area contributed by atoms with E-state index in [0.29, 0.717) is 30.2 Å². The fourth-order valence-corrected chi connectivity index (χ4v) is 2.76. The molecule has 0 spiro atoms. The monoisotopic (exact) mass is 393 g/mol. The Hall–Kier alpha value is -0.860. The molecular formula is C12H13ClIN3O2. The molecule has 0 bridgehead atoms. The third-order valence-electron chi connectivity index (χ3n) is 2.99. The number of benzene rings is 1. The minimum atomic E-state index is -0.615. The Morgan fingerprint density at radius 3 is 2.89 bits per heavy atom. The van der Waals surface area contributed by atoms with E-state index in [2.05, 4.69) is 27.9 Å². The van der Waals surface area contributed by atoms with Gasteiger partial charge in [-0.25, -0.2) is 0 Å². The van der Waals surface area contributed by atoms with Gasteiger partial charge in [0.2, 0.25) is 5.91 Å². The highest BCUT2D eigenvalue weighted by molar-refractivity contribution is 14.1. The minimum Gasteiger partial charge on any atom is -0.368 e. The second kappa shape index (κ2) is 6.06. The summed E-state index contributed by atoms with van der Waals surface area (Å²) in [4.78, 5) is 25.4. The Morgan fingerprint density at radius 2 is 2.21 bits per heavy atom. The Balaban J connectivity index is 2.31. The maximum Gasteiger partial charge on any atom is 0.255 e. The molecule has 1 fully saturated rings. The highest BCUT2D eigenvalue weighted by Crippen LogP contribution is 2.21. The number of amides is 2. The van der Waals surface area contributed by atoms with Crippen molar-refractivity contribution < 1.29 is 9.59 Å². The van der Waals surface area contributed by atoms with Gasteiger partial charge in [-0.3, -0.25) is 9.59 Å². The van der Waals surface area contributed by atoms with E-state index in [1.165, 1.54) is 4.90 Å². The van der Waals surface area contributed by atoms with Gasteiger partial charge in [0.05, 0.1) is 5.56 Å². The summed E-state index contributed by atoms with van der Waals surface area (Å²) in [6.45, 7) is 1.49. The average Bonchev–Trinajstić information content (AvgIpc) is 2.40. The number of carbonyl (C=O) groups is 2. The topological polar surface area (TPSA) is 75.4 Å². The number of nitrogens with zero attached hydrogens (tertiary/aromatic N) is 1. The lowest BCUT2D eigenvalue weighted by Gasteiger charge is -2.34. The van der Waals surface area contributed by atoms with E-state index in [1.807, 2.05) is 0 Å². The normalized spacial score (nSPS) is 19.3. The summed E-state index contributed by atoms with van der Waals surface area (Å²) in [6.07, 6.45) is 0. The van der Waals surface area contributed by atoms with Gasteiger partial charge in [0, 0.05) is 28.2 Å². The number of hydrogen-bond acceptors (Lipinski definition) is 3. The molecule has 0 saturated carbocycles. The highest BCUT2D eigenvalue weighted by atomic mass is 127. The van der Waals surface area contributed by atoms with Crippen molar-refractivity contribution in [2.75, 3.05) is 19.6 Å². The molecule has 1 aliphatic rings. The molecule has 1 atom stereocenters. The number of halogens is 2. The Morgan fingerprint density at radius 1 is 1.47 bits per heavy atom. The first-order valence-electron chi connectivity index (χ1n) is 5.76. The molecule has 1 saturated heterocycles. The van der Waals surface area contributed by atoms with Gasteiger partial charge in [-0.1, -0.05) is 11.6 Å². The molecule has 1 unspecified atom stereocenters.